The monoisotopic (exact) mass is 810 g/mol. The fourth-order valence-corrected chi connectivity index (χ4v) is 8.78. The number of phenols is 1. The molecule has 3 fully saturated rings. The third-order valence-corrected chi connectivity index (χ3v) is 11.7. The van der Waals surface area contributed by atoms with Crippen LogP contribution < -0.4 is 10.2 Å². The molecule has 60 heavy (non-hydrogen) atoms. The molecular formula is C46H50N8O6. The number of hydrogen-bond acceptors (Lipinski definition) is 9. The van der Waals surface area contributed by atoms with E-state index in [4.69, 9.17) is 0 Å². The maximum atomic E-state index is 14.7. The maximum Gasteiger partial charge on any atom is 0.257 e. The molecule has 4 amide bonds. The first kappa shape index (κ1) is 40.3. The Hall–Kier alpha value is -6.51. The number of nitrogens with one attached hydrogen (secondary N) is 1. The van der Waals surface area contributed by atoms with E-state index >= 15 is 0 Å². The van der Waals surface area contributed by atoms with Gasteiger partial charge < -0.3 is 34.8 Å². The van der Waals surface area contributed by atoms with Gasteiger partial charge in [-0.2, -0.15) is 0 Å². The van der Waals surface area contributed by atoms with Crippen LogP contribution in [0.25, 0.3) is 10.9 Å². The van der Waals surface area contributed by atoms with Crippen molar-refractivity contribution in [3.05, 3.63) is 132 Å². The lowest BCUT2D eigenvalue weighted by atomic mass is 9.97. The largest absolute Gasteiger partial charge is 0.508 e. The van der Waals surface area contributed by atoms with Crippen LogP contribution in [0.5, 0.6) is 5.75 Å². The van der Waals surface area contributed by atoms with Crippen LogP contribution in [-0.4, -0.2) is 114 Å². The number of anilines is 2. The maximum absolute atomic E-state index is 14.7. The van der Waals surface area contributed by atoms with Crippen molar-refractivity contribution >= 4 is 46.0 Å². The molecule has 3 aliphatic rings. The predicted octanol–water partition coefficient (Wildman–Crippen LogP) is 4.48. The molecule has 2 atom stereocenters. The van der Waals surface area contributed by atoms with E-state index in [9.17, 15) is 29.4 Å². The minimum absolute atomic E-state index is 0.0660. The SMILES string of the molecule is C=CCN1CC(=O)N2C(Cc3ccc(O)cc3)C(=O)N(Cc3cccc4c(C(=O)Nc5ccc(N6CCC(O)CC6)nc5)cn(C)c34)CC2N1C(=O)CCc1ccccc1. The molecule has 0 saturated carbocycles. The smallest absolute Gasteiger partial charge is 0.257 e. The number of fused-ring (bicyclic) bond motifs is 2. The number of aliphatic hydroxyl groups is 1. The summed E-state index contributed by atoms with van der Waals surface area (Å²) in [6, 6.07) is 24.8. The Balaban J connectivity index is 1.08. The van der Waals surface area contributed by atoms with Gasteiger partial charge in [0.2, 0.25) is 17.7 Å². The Kier molecular flexibility index (Phi) is 11.7. The van der Waals surface area contributed by atoms with Crippen LogP contribution in [0.15, 0.2) is 110 Å². The van der Waals surface area contributed by atoms with Crippen LogP contribution in [-0.2, 0) is 40.8 Å². The van der Waals surface area contributed by atoms with Crippen LogP contribution >= 0.6 is 0 Å². The molecule has 2 unspecified atom stereocenters. The van der Waals surface area contributed by atoms with Gasteiger partial charge in [-0.05, 0) is 60.2 Å². The summed E-state index contributed by atoms with van der Waals surface area (Å²) in [5.74, 6) is -0.117. The number of aryl methyl sites for hydroxylation is 2. The van der Waals surface area contributed by atoms with Crippen molar-refractivity contribution < 1.29 is 29.4 Å². The number of phenolic OH excluding ortho intramolecular Hbond substituents is 1. The lowest BCUT2D eigenvalue weighted by molar-refractivity contribution is -0.205. The molecule has 5 heterocycles. The number of aliphatic hydroxyl groups excluding tert-OH is 1. The molecule has 3 N–H and O–H groups in total. The molecule has 0 aliphatic carbocycles. The second-order valence-corrected chi connectivity index (χ2v) is 15.8. The molecule has 0 spiro atoms. The van der Waals surface area contributed by atoms with Crippen molar-refractivity contribution in [1.82, 2.24) is 29.4 Å². The first-order valence-electron chi connectivity index (χ1n) is 20.4. The van der Waals surface area contributed by atoms with E-state index in [1.165, 1.54) is 0 Å². The summed E-state index contributed by atoms with van der Waals surface area (Å²) >= 11 is 0. The van der Waals surface area contributed by atoms with Crippen molar-refractivity contribution in [3.8, 4) is 5.75 Å². The minimum atomic E-state index is -0.924. The van der Waals surface area contributed by atoms with Crippen LogP contribution in [0.2, 0.25) is 0 Å². The molecule has 3 aromatic carbocycles. The summed E-state index contributed by atoms with van der Waals surface area (Å²) in [5, 5.41) is 27.0. The number of piperazine rings is 1. The van der Waals surface area contributed by atoms with E-state index < -0.39 is 12.2 Å². The van der Waals surface area contributed by atoms with Gasteiger partial charge in [0.1, 0.15) is 23.8 Å². The van der Waals surface area contributed by atoms with Gasteiger partial charge in [0.25, 0.3) is 5.91 Å². The predicted molar refractivity (Wildman–Crippen MR) is 228 cm³/mol. The van der Waals surface area contributed by atoms with Gasteiger partial charge in [-0.15, -0.1) is 6.58 Å². The van der Waals surface area contributed by atoms with Crippen molar-refractivity contribution in [2.45, 2.75) is 57.0 Å². The fourth-order valence-electron chi connectivity index (χ4n) is 8.78. The second-order valence-electron chi connectivity index (χ2n) is 15.8. The first-order chi connectivity index (χ1) is 29.1. The summed E-state index contributed by atoms with van der Waals surface area (Å²) in [4.78, 5) is 66.9. The lowest BCUT2D eigenvalue weighted by Crippen LogP contribution is -2.75. The summed E-state index contributed by atoms with van der Waals surface area (Å²) in [7, 11) is 1.86. The molecule has 3 saturated heterocycles. The van der Waals surface area contributed by atoms with Crippen molar-refractivity contribution in [1.29, 1.82) is 0 Å². The number of carbonyl (C=O) groups excluding carboxylic acids is 4. The highest BCUT2D eigenvalue weighted by Gasteiger charge is 2.51. The number of piperidine rings is 1. The molecule has 0 bridgehead atoms. The van der Waals surface area contributed by atoms with E-state index in [1.54, 1.807) is 62.6 Å². The fraction of sp³-hybridized carbons (Fsp3) is 0.326. The number of hydrogen-bond donors (Lipinski definition) is 3. The summed E-state index contributed by atoms with van der Waals surface area (Å²) in [6.07, 6.45) is 6.27. The Morgan fingerprint density at radius 1 is 0.950 bits per heavy atom. The van der Waals surface area contributed by atoms with Crippen LogP contribution in [0.1, 0.15) is 46.3 Å². The van der Waals surface area contributed by atoms with Gasteiger partial charge in [0, 0.05) is 57.7 Å². The number of carbonyl (C=O) groups is 4. The van der Waals surface area contributed by atoms with Gasteiger partial charge >= 0.3 is 0 Å². The number of amides is 4. The lowest BCUT2D eigenvalue weighted by Gasteiger charge is -2.55. The van der Waals surface area contributed by atoms with Crippen LogP contribution in [0.4, 0.5) is 11.5 Å². The minimum Gasteiger partial charge on any atom is -0.508 e. The Bertz CT molecular complexity index is 2380. The zero-order chi connectivity index (χ0) is 41.9. The van der Waals surface area contributed by atoms with E-state index in [0.717, 1.165) is 41.1 Å². The van der Waals surface area contributed by atoms with Crippen molar-refractivity contribution in [2.24, 2.45) is 7.05 Å². The molecule has 14 nitrogen and oxygen atoms in total. The van der Waals surface area contributed by atoms with E-state index in [-0.39, 0.29) is 74.5 Å². The summed E-state index contributed by atoms with van der Waals surface area (Å²) in [6.45, 7) is 5.74. The molecule has 3 aliphatic heterocycles. The zero-order valence-electron chi connectivity index (χ0n) is 33.7. The Morgan fingerprint density at radius 2 is 1.72 bits per heavy atom. The molecular weight excluding hydrogens is 761 g/mol. The van der Waals surface area contributed by atoms with Gasteiger partial charge in [-0.1, -0.05) is 66.7 Å². The number of nitrogens with zero attached hydrogens (tertiary/aromatic N) is 7. The number of hydrazine groups is 1. The number of rotatable bonds is 12. The number of aromatic nitrogens is 2. The van der Waals surface area contributed by atoms with E-state index in [1.807, 2.05) is 72.3 Å². The van der Waals surface area contributed by atoms with Crippen LogP contribution in [0.3, 0.4) is 0 Å². The van der Waals surface area contributed by atoms with Gasteiger partial charge in [0.05, 0.1) is 42.2 Å². The molecule has 2 aromatic heterocycles. The summed E-state index contributed by atoms with van der Waals surface area (Å²) < 4.78 is 1.88. The van der Waals surface area contributed by atoms with E-state index in [2.05, 4.69) is 21.8 Å². The average Bonchev–Trinajstić information content (AvgIpc) is 3.60. The molecule has 310 valence electrons. The summed E-state index contributed by atoms with van der Waals surface area (Å²) in [5.41, 5.74) is 4.35. The average molecular weight is 811 g/mol. The quantitative estimate of drug-likeness (QED) is 0.155. The van der Waals surface area contributed by atoms with E-state index in [0.29, 0.717) is 35.9 Å². The molecule has 14 heteroatoms. The second kappa shape index (κ2) is 17.4. The molecule has 5 aromatic rings. The van der Waals surface area contributed by atoms with Crippen LogP contribution in [0, 0.1) is 0 Å². The number of aromatic hydroxyl groups is 1. The third-order valence-electron chi connectivity index (χ3n) is 11.7. The topological polar surface area (TPSA) is 155 Å². The number of para-hydroxylation sites is 1. The highest BCUT2D eigenvalue weighted by atomic mass is 16.3. The number of benzene rings is 3. The van der Waals surface area contributed by atoms with Gasteiger partial charge in [0.15, 0.2) is 0 Å². The Morgan fingerprint density at radius 3 is 2.43 bits per heavy atom. The number of pyridine rings is 1. The first-order valence-corrected chi connectivity index (χ1v) is 20.4. The normalized spacial score (nSPS) is 18.8. The highest BCUT2D eigenvalue weighted by molar-refractivity contribution is 6.13. The highest BCUT2D eigenvalue weighted by Crippen LogP contribution is 2.32. The third kappa shape index (κ3) is 8.34. The molecule has 0 radical (unpaired) electrons. The molecule has 8 rings (SSSR count). The standard InChI is InChI=1S/C46H50N8O6/c1-3-22-52-30-43(58)53-39(25-32-12-16-35(55)17-13-32)46(60)51(29-41(53)54(52)42(57)19-14-31-8-5-4-6-9-31)27-33-10-7-11-37-38(28-49(2)44(33)37)45(59)48-34-15-18-40(47-26-34)50-23-20-36(56)21-24-50/h3-13,15-18,26,28,36,39,41,55-56H,1,14,19-25,27,29-30H2,2H3,(H,48,59). The van der Waals surface area contributed by atoms with Gasteiger partial charge in [-0.25, -0.2) is 15.0 Å². The Labute approximate surface area is 348 Å². The van der Waals surface area contributed by atoms with Crippen molar-refractivity contribution in [3.63, 3.8) is 0 Å². The van der Waals surface area contributed by atoms with Gasteiger partial charge in [-0.3, -0.25) is 19.2 Å². The zero-order valence-corrected chi connectivity index (χ0v) is 33.7. The van der Waals surface area contributed by atoms with Crippen molar-refractivity contribution in [2.75, 3.05) is 42.9 Å².